The van der Waals surface area contributed by atoms with Crippen LogP contribution in [0.1, 0.15) is 22.8 Å². The number of amides is 1. The van der Waals surface area contributed by atoms with Crippen LogP contribution in [0.2, 0.25) is 0 Å². The van der Waals surface area contributed by atoms with Crippen molar-refractivity contribution in [3.05, 3.63) is 90.0 Å². The third kappa shape index (κ3) is 6.98. The van der Waals surface area contributed by atoms with Crippen LogP contribution in [0.15, 0.2) is 78.9 Å². The fraction of sp³-hybridized carbons (Fsp3) is 0.160. The number of hydrogen-bond acceptors (Lipinski definition) is 6. The van der Waals surface area contributed by atoms with E-state index in [2.05, 4.69) is 5.32 Å². The fourth-order valence-electron chi connectivity index (χ4n) is 2.79. The van der Waals surface area contributed by atoms with Gasteiger partial charge in [0.15, 0.2) is 19.0 Å². The molecule has 0 aromatic heterocycles. The van der Waals surface area contributed by atoms with Crippen molar-refractivity contribution in [1.82, 2.24) is 0 Å². The third-order valence-electron chi connectivity index (χ3n) is 4.37. The number of nitrogens with one attached hydrogen (secondary N) is 1. The SMILES string of the molecule is CC(=O)c1ccccc1NC(=O)COC(=O)COc1ccc(OCc2ccccc2)cc1. The number of esters is 1. The molecule has 0 heterocycles. The number of ketones is 1. The van der Waals surface area contributed by atoms with E-state index in [0.717, 1.165) is 5.56 Å². The molecule has 0 radical (unpaired) electrons. The van der Waals surface area contributed by atoms with E-state index in [1.807, 2.05) is 30.3 Å². The largest absolute Gasteiger partial charge is 0.489 e. The minimum Gasteiger partial charge on any atom is -0.489 e. The van der Waals surface area contributed by atoms with Crippen LogP contribution < -0.4 is 14.8 Å². The highest BCUT2D eigenvalue weighted by atomic mass is 16.6. The number of rotatable bonds is 10. The van der Waals surface area contributed by atoms with Crippen molar-refractivity contribution in [3.63, 3.8) is 0 Å². The van der Waals surface area contributed by atoms with Crippen LogP contribution in [-0.4, -0.2) is 30.9 Å². The molecule has 1 amide bonds. The zero-order valence-electron chi connectivity index (χ0n) is 17.6. The van der Waals surface area contributed by atoms with Gasteiger partial charge in [0.1, 0.15) is 18.1 Å². The minimum atomic E-state index is -0.690. The molecule has 164 valence electrons. The van der Waals surface area contributed by atoms with Gasteiger partial charge in [0.05, 0.1) is 5.69 Å². The first kappa shape index (κ1) is 22.6. The molecule has 32 heavy (non-hydrogen) atoms. The van der Waals surface area contributed by atoms with E-state index in [4.69, 9.17) is 14.2 Å². The number of carbonyl (C=O) groups excluding carboxylic acids is 3. The van der Waals surface area contributed by atoms with E-state index in [-0.39, 0.29) is 12.4 Å². The summed E-state index contributed by atoms with van der Waals surface area (Å²) < 4.78 is 16.0. The molecule has 7 nitrogen and oxygen atoms in total. The Bertz CT molecular complexity index is 1060. The quantitative estimate of drug-likeness (QED) is 0.384. The van der Waals surface area contributed by atoms with Gasteiger partial charge in [-0.25, -0.2) is 4.79 Å². The smallest absolute Gasteiger partial charge is 0.344 e. The van der Waals surface area contributed by atoms with Gasteiger partial charge in [-0.15, -0.1) is 0 Å². The summed E-state index contributed by atoms with van der Waals surface area (Å²) in [6.07, 6.45) is 0. The Morgan fingerprint density at radius 2 is 1.38 bits per heavy atom. The monoisotopic (exact) mass is 433 g/mol. The molecule has 3 aromatic carbocycles. The van der Waals surface area contributed by atoms with E-state index < -0.39 is 18.5 Å². The molecule has 0 saturated heterocycles. The Morgan fingerprint density at radius 1 is 0.750 bits per heavy atom. The summed E-state index contributed by atoms with van der Waals surface area (Å²) in [5.41, 5.74) is 1.81. The topological polar surface area (TPSA) is 90.9 Å². The number of carbonyl (C=O) groups is 3. The maximum absolute atomic E-state index is 12.0. The second-order valence-electron chi connectivity index (χ2n) is 6.84. The second-order valence-corrected chi connectivity index (χ2v) is 6.84. The summed E-state index contributed by atoms with van der Waals surface area (Å²) >= 11 is 0. The average Bonchev–Trinajstić information content (AvgIpc) is 2.81. The number of hydrogen-bond donors (Lipinski definition) is 1. The van der Waals surface area contributed by atoms with Crippen molar-refractivity contribution >= 4 is 23.3 Å². The first-order valence-corrected chi connectivity index (χ1v) is 9.96. The Hall–Kier alpha value is -4.13. The van der Waals surface area contributed by atoms with Gasteiger partial charge in [0.2, 0.25) is 0 Å². The van der Waals surface area contributed by atoms with Crippen molar-refractivity contribution in [2.75, 3.05) is 18.5 Å². The highest BCUT2D eigenvalue weighted by Gasteiger charge is 2.12. The zero-order chi connectivity index (χ0) is 22.8. The molecule has 1 N–H and O–H groups in total. The summed E-state index contributed by atoms with van der Waals surface area (Å²) in [7, 11) is 0. The molecule has 0 atom stereocenters. The van der Waals surface area contributed by atoms with Crippen molar-refractivity contribution in [1.29, 1.82) is 0 Å². The number of para-hydroxylation sites is 1. The number of Topliss-reactive ketones (excluding diaryl/α,β-unsaturated/α-hetero) is 1. The summed E-state index contributed by atoms with van der Waals surface area (Å²) in [6, 6.07) is 23.2. The molecular weight excluding hydrogens is 410 g/mol. The molecule has 0 fully saturated rings. The minimum absolute atomic E-state index is 0.178. The molecule has 3 rings (SSSR count). The van der Waals surface area contributed by atoms with Gasteiger partial charge >= 0.3 is 5.97 Å². The standard InChI is InChI=1S/C25H23NO6/c1-18(27)22-9-5-6-10-23(22)26-24(28)16-32-25(29)17-31-21-13-11-20(12-14-21)30-15-19-7-3-2-4-8-19/h2-14H,15-17H2,1H3,(H,26,28). The molecule has 0 aliphatic heterocycles. The molecule has 0 saturated carbocycles. The van der Waals surface area contributed by atoms with E-state index in [9.17, 15) is 14.4 Å². The lowest BCUT2D eigenvalue weighted by Gasteiger charge is -2.10. The predicted molar refractivity (Wildman–Crippen MR) is 119 cm³/mol. The summed E-state index contributed by atoms with van der Waals surface area (Å²) in [6.45, 7) is 1.03. The number of benzene rings is 3. The van der Waals surface area contributed by atoms with Crippen molar-refractivity contribution < 1.29 is 28.6 Å². The Balaban J connectivity index is 1.39. The zero-order valence-corrected chi connectivity index (χ0v) is 17.6. The van der Waals surface area contributed by atoms with Crippen molar-refractivity contribution in [2.45, 2.75) is 13.5 Å². The lowest BCUT2D eigenvalue weighted by molar-refractivity contribution is -0.149. The predicted octanol–water partition coefficient (Wildman–Crippen LogP) is 4.03. The maximum Gasteiger partial charge on any atom is 0.344 e. The van der Waals surface area contributed by atoms with Gasteiger partial charge in [-0.1, -0.05) is 42.5 Å². The number of ether oxygens (including phenoxy) is 3. The van der Waals surface area contributed by atoms with Gasteiger partial charge < -0.3 is 19.5 Å². The van der Waals surface area contributed by atoms with Crippen LogP contribution in [0.25, 0.3) is 0 Å². The number of anilines is 1. The summed E-state index contributed by atoms with van der Waals surface area (Å²) in [5.74, 6) is -0.278. The Morgan fingerprint density at radius 3 is 2.06 bits per heavy atom. The van der Waals surface area contributed by atoms with Crippen LogP contribution >= 0.6 is 0 Å². The highest BCUT2D eigenvalue weighted by Crippen LogP contribution is 2.19. The van der Waals surface area contributed by atoms with E-state index >= 15 is 0 Å². The van der Waals surface area contributed by atoms with Crippen molar-refractivity contribution in [2.24, 2.45) is 0 Å². The first-order valence-electron chi connectivity index (χ1n) is 9.96. The van der Waals surface area contributed by atoms with Gasteiger partial charge in [0.25, 0.3) is 5.91 Å². The molecule has 0 unspecified atom stereocenters. The first-order chi connectivity index (χ1) is 15.5. The summed E-state index contributed by atoms with van der Waals surface area (Å²) in [4.78, 5) is 35.5. The van der Waals surface area contributed by atoms with Crippen LogP contribution in [0.5, 0.6) is 11.5 Å². The van der Waals surface area contributed by atoms with Crippen LogP contribution in [0.4, 0.5) is 5.69 Å². The van der Waals surface area contributed by atoms with Gasteiger partial charge in [-0.2, -0.15) is 0 Å². The van der Waals surface area contributed by atoms with Gasteiger partial charge in [0, 0.05) is 5.56 Å². The van der Waals surface area contributed by atoms with Crippen LogP contribution in [0.3, 0.4) is 0 Å². The third-order valence-corrected chi connectivity index (χ3v) is 4.37. The Labute approximate surface area is 185 Å². The normalized spacial score (nSPS) is 10.2. The molecule has 7 heteroatoms. The lowest BCUT2D eigenvalue weighted by Crippen LogP contribution is -2.24. The lowest BCUT2D eigenvalue weighted by atomic mass is 10.1. The van der Waals surface area contributed by atoms with Crippen molar-refractivity contribution in [3.8, 4) is 11.5 Å². The van der Waals surface area contributed by atoms with Gasteiger partial charge in [-0.3, -0.25) is 9.59 Å². The van der Waals surface area contributed by atoms with Crippen LogP contribution in [-0.2, 0) is 20.9 Å². The maximum atomic E-state index is 12.0. The summed E-state index contributed by atoms with van der Waals surface area (Å²) in [5, 5.41) is 2.56. The Kier molecular flexibility index (Phi) is 7.97. The highest BCUT2D eigenvalue weighted by molar-refractivity contribution is 6.04. The van der Waals surface area contributed by atoms with E-state index in [1.165, 1.54) is 6.92 Å². The molecule has 0 aliphatic rings. The average molecular weight is 433 g/mol. The van der Waals surface area contributed by atoms with E-state index in [0.29, 0.717) is 29.4 Å². The molecular formula is C25H23NO6. The van der Waals surface area contributed by atoms with E-state index in [1.54, 1.807) is 48.5 Å². The van der Waals surface area contributed by atoms with Gasteiger partial charge in [-0.05, 0) is 48.9 Å². The molecule has 0 bridgehead atoms. The molecule has 0 spiro atoms. The molecule has 3 aromatic rings. The second kappa shape index (κ2) is 11.3. The van der Waals surface area contributed by atoms with Crippen LogP contribution in [0, 0.1) is 0 Å². The molecule has 0 aliphatic carbocycles. The fourth-order valence-corrected chi connectivity index (χ4v) is 2.79.